The summed E-state index contributed by atoms with van der Waals surface area (Å²) in [6, 6.07) is 7.51. The number of fused-ring (bicyclic) bond motifs is 1. The fraction of sp³-hybridized carbons (Fsp3) is 0.684. The summed E-state index contributed by atoms with van der Waals surface area (Å²) in [5.41, 5.74) is 5.03. The van der Waals surface area contributed by atoms with Gasteiger partial charge in [-0.2, -0.15) is 0 Å². The SMILES string of the molecule is CCCC1CCCc2ccc(C3CCCCC3)cc21. The number of aryl methyl sites for hydroxylation is 1. The van der Waals surface area contributed by atoms with Crippen molar-refractivity contribution in [1.29, 1.82) is 0 Å². The Balaban J connectivity index is 1.85. The molecule has 0 spiro atoms. The van der Waals surface area contributed by atoms with Gasteiger partial charge in [0.25, 0.3) is 0 Å². The Morgan fingerprint density at radius 1 is 1.00 bits per heavy atom. The standard InChI is InChI=1S/C19H28/c1-2-7-16-10-6-11-17-12-13-18(14-19(16)17)15-8-4-3-5-9-15/h12-16H,2-11H2,1H3. The molecule has 0 radical (unpaired) electrons. The second kappa shape index (κ2) is 6.11. The molecule has 0 bridgehead atoms. The molecule has 0 amide bonds. The highest BCUT2D eigenvalue weighted by molar-refractivity contribution is 5.38. The van der Waals surface area contributed by atoms with Crippen molar-refractivity contribution >= 4 is 0 Å². The molecule has 1 aromatic rings. The normalized spacial score (nSPS) is 24.2. The summed E-state index contributed by atoms with van der Waals surface area (Å²) in [4.78, 5) is 0. The van der Waals surface area contributed by atoms with Crippen LogP contribution in [0.25, 0.3) is 0 Å². The highest BCUT2D eigenvalue weighted by atomic mass is 14.3. The average Bonchev–Trinajstić information content (AvgIpc) is 2.48. The third-order valence-corrected chi connectivity index (χ3v) is 5.32. The third-order valence-electron chi connectivity index (χ3n) is 5.32. The van der Waals surface area contributed by atoms with Crippen LogP contribution in [0.3, 0.4) is 0 Å². The highest BCUT2D eigenvalue weighted by Gasteiger charge is 2.22. The Labute approximate surface area is 118 Å². The lowest BCUT2D eigenvalue weighted by atomic mass is 9.77. The van der Waals surface area contributed by atoms with Crippen molar-refractivity contribution in [2.24, 2.45) is 0 Å². The molecule has 0 aliphatic heterocycles. The van der Waals surface area contributed by atoms with E-state index in [4.69, 9.17) is 0 Å². The summed E-state index contributed by atoms with van der Waals surface area (Å²) < 4.78 is 0. The summed E-state index contributed by atoms with van der Waals surface area (Å²) >= 11 is 0. The predicted molar refractivity (Wildman–Crippen MR) is 82.9 cm³/mol. The van der Waals surface area contributed by atoms with Crippen molar-refractivity contribution in [3.05, 3.63) is 34.9 Å². The molecule has 0 saturated heterocycles. The van der Waals surface area contributed by atoms with Crippen LogP contribution in [0, 0.1) is 0 Å². The topological polar surface area (TPSA) is 0 Å². The van der Waals surface area contributed by atoms with Gasteiger partial charge in [-0.25, -0.2) is 0 Å². The van der Waals surface area contributed by atoms with E-state index in [1.807, 2.05) is 0 Å². The quantitative estimate of drug-likeness (QED) is 0.626. The van der Waals surface area contributed by atoms with Crippen molar-refractivity contribution in [2.45, 2.75) is 83.0 Å². The molecule has 3 rings (SSSR count). The molecular weight excluding hydrogens is 228 g/mol. The molecule has 0 N–H and O–H groups in total. The van der Waals surface area contributed by atoms with Crippen molar-refractivity contribution in [1.82, 2.24) is 0 Å². The monoisotopic (exact) mass is 256 g/mol. The van der Waals surface area contributed by atoms with Gasteiger partial charge < -0.3 is 0 Å². The van der Waals surface area contributed by atoms with Gasteiger partial charge in [0.15, 0.2) is 0 Å². The van der Waals surface area contributed by atoms with Gasteiger partial charge >= 0.3 is 0 Å². The van der Waals surface area contributed by atoms with Crippen LogP contribution in [0.5, 0.6) is 0 Å². The maximum Gasteiger partial charge on any atom is -0.0159 e. The van der Waals surface area contributed by atoms with E-state index in [0.29, 0.717) is 0 Å². The molecule has 0 nitrogen and oxygen atoms in total. The minimum Gasteiger partial charge on any atom is -0.0654 e. The molecule has 0 heterocycles. The smallest absolute Gasteiger partial charge is 0.0159 e. The molecule has 0 aromatic heterocycles. The van der Waals surface area contributed by atoms with Crippen LogP contribution >= 0.6 is 0 Å². The zero-order valence-electron chi connectivity index (χ0n) is 12.5. The van der Waals surface area contributed by atoms with Gasteiger partial charge in [0.1, 0.15) is 0 Å². The lowest BCUT2D eigenvalue weighted by Crippen LogP contribution is -2.12. The predicted octanol–water partition coefficient (Wildman–Crippen LogP) is 5.95. The van der Waals surface area contributed by atoms with Crippen LogP contribution in [0.4, 0.5) is 0 Å². The van der Waals surface area contributed by atoms with Crippen LogP contribution in [0.15, 0.2) is 18.2 Å². The Bertz CT molecular complexity index is 412. The molecule has 1 atom stereocenters. The highest BCUT2D eigenvalue weighted by Crippen LogP contribution is 2.39. The maximum absolute atomic E-state index is 2.60. The first-order chi connectivity index (χ1) is 9.38. The largest absolute Gasteiger partial charge is 0.0654 e. The molecule has 2 aliphatic carbocycles. The molecule has 1 aromatic carbocycles. The second-order valence-corrected chi connectivity index (χ2v) is 6.67. The Morgan fingerprint density at radius 3 is 2.63 bits per heavy atom. The van der Waals surface area contributed by atoms with E-state index in [2.05, 4.69) is 25.1 Å². The van der Waals surface area contributed by atoms with Gasteiger partial charge in [-0.1, -0.05) is 50.8 Å². The summed E-state index contributed by atoms with van der Waals surface area (Å²) in [5, 5.41) is 0. The van der Waals surface area contributed by atoms with Crippen molar-refractivity contribution in [3.8, 4) is 0 Å². The Kier molecular flexibility index (Phi) is 4.25. The zero-order chi connectivity index (χ0) is 13.1. The van der Waals surface area contributed by atoms with Gasteiger partial charge in [-0.05, 0) is 67.1 Å². The van der Waals surface area contributed by atoms with Crippen molar-refractivity contribution < 1.29 is 0 Å². The van der Waals surface area contributed by atoms with Gasteiger partial charge in [0.05, 0.1) is 0 Å². The van der Waals surface area contributed by atoms with Gasteiger partial charge in [-0.15, -0.1) is 0 Å². The Morgan fingerprint density at radius 2 is 1.84 bits per heavy atom. The van der Waals surface area contributed by atoms with Crippen molar-refractivity contribution in [3.63, 3.8) is 0 Å². The first kappa shape index (κ1) is 13.2. The van der Waals surface area contributed by atoms with E-state index in [9.17, 15) is 0 Å². The lowest BCUT2D eigenvalue weighted by Gasteiger charge is -2.28. The minimum atomic E-state index is 0.859. The number of benzene rings is 1. The van der Waals surface area contributed by atoms with Crippen LogP contribution in [-0.4, -0.2) is 0 Å². The Hall–Kier alpha value is -0.780. The summed E-state index contributed by atoms with van der Waals surface area (Å²) in [7, 11) is 0. The van der Waals surface area contributed by atoms with Gasteiger partial charge in [0, 0.05) is 0 Å². The molecule has 1 saturated carbocycles. The molecule has 1 unspecified atom stereocenters. The maximum atomic E-state index is 2.60. The van der Waals surface area contributed by atoms with Gasteiger partial charge in [0.2, 0.25) is 0 Å². The van der Waals surface area contributed by atoms with Crippen molar-refractivity contribution in [2.75, 3.05) is 0 Å². The average molecular weight is 256 g/mol. The van der Waals surface area contributed by atoms with E-state index >= 15 is 0 Å². The van der Waals surface area contributed by atoms with E-state index in [1.54, 1.807) is 16.7 Å². The summed E-state index contributed by atoms with van der Waals surface area (Å²) in [5.74, 6) is 1.72. The van der Waals surface area contributed by atoms with E-state index < -0.39 is 0 Å². The molecule has 104 valence electrons. The fourth-order valence-electron chi connectivity index (χ4n) is 4.25. The van der Waals surface area contributed by atoms with Crippen LogP contribution < -0.4 is 0 Å². The molecular formula is C19H28. The second-order valence-electron chi connectivity index (χ2n) is 6.67. The van der Waals surface area contributed by atoms with Gasteiger partial charge in [-0.3, -0.25) is 0 Å². The van der Waals surface area contributed by atoms with Crippen LogP contribution in [-0.2, 0) is 6.42 Å². The number of hydrogen-bond donors (Lipinski definition) is 0. The third kappa shape index (κ3) is 2.88. The van der Waals surface area contributed by atoms with E-state index in [-0.39, 0.29) is 0 Å². The number of rotatable bonds is 3. The molecule has 1 fully saturated rings. The van der Waals surface area contributed by atoms with E-state index in [1.165, 1.54) is 64.2 Å². The number of hydrogen-bond acceptors (Lipinski definition) is 0. The zero-order valence-corrected chi connectivity index (χ0v) is 12.5. The first-order valence-corrected chi connectivity index (χ1v) is 8.51. The van der Waals surface area contributed by atoms with Crippen LogP contribution in [0.1, 0.15) is 93.2 Å². The minimum absolute atomic E-state index is 0.859. The van der Waals surface area contributed by atoms with Crippen LogP contribution in [0.2, 0.25) is 0 Å². The molecule has 2 aliphatic rings. The summed E-state index contributed by atoms with van der Waals surface area (Å²) in [6.45, 7) is 2.33. The first-order valence-electron chi connectivity index (χ1n) is 8.51. The summed E-state index contributed by atoms with van der Waals surface area (Å²) in [6.07, 6.45) is 14.1. The molecule has 0 heteroatoms. The fourth-order valence-corrected chi connectivity index (χ4v) is 4.25. The molecule has 19 heavy (non-hydrogen) atoms. The lowest BCUT2D eigenvalue weighted by molar-refractivity contribution is 0.442. The van der Waals surface area contributed by atoms with E-state index in [0.717, 1.165) is 11.8 Å².